The fourth-order valence-corrected chi connectivity index (χ4v) is 3.90. The molecule has 168 valence electrons. The molecular weight excluding hydrogens is 416 g/mol. The lowest BCUT2D eigenvalue weighted by Gasteiger charge is -2.35. The number of hydrogen-bond acceptors (Lipinski definition) is 6. The predicted octanol–water partition coefficient (Wildman–Crippen LogP) is 4.01. The van der Waals surface area contributed by atoms with E-state index in [2.05, 4.69) is 20.0 Å². The number of anilines is 1. The number of hydrogen-bond donors (Lipinski definition) is 0. The van der Waals surface area contributed by atoms with E-state index in [4.69, 9.17) is 4.52 Å². The van der Waals surface area contributed by atoms with Gasteiger partial charge in [-0.25, -0.2) is 4.98 Å². The van der Waals surface area contributed by atoms with Gasteiger partial charge in [0.25, 0.3) is 5.91 Å². The first-order chi connectivity index (χ1) is 16.1. The minimum Gasteiger partial charge on any atom is -0.353 e. The zero-order valence-electron chi connectivity index (χ0n) is 18.8. The molecule has 4 aromatic rings. The molecule has 1 aliphatic rings. The molecule has 8 nitrogen and oxygen atoms in total. The number of piperazine rings is 1. The minimum absolute atomic E-state index is 0.0649. The van der Waals surface area contributed by atoms with Crippen molar-refractivity contribution in [2.45, 2.75) is 19.8 Å². The molecule has 0 atom stereocenters. The van der Waals surface area contributed by atoms with Crippen LogP contribution in [-0.4, -0.2) is 56.7 Å². The maximum atomic E-state index is 13.0. The van der Waals surface area contributed by atoms with E-state index < -0.39 is 0 Å². The van der Waals surface area contributed by atoms with Crippen LogP contribution in [0, 0.1) is 0 Å². The highest BCUT2D eigenvalue weighted by Crippen LogP contribution is 2.22. The Labute approximate surface area is 192 Å². The Bertz CT molecular complexity index is 1200. The highest BCUT2D eigenvalue weighted by Gasteiger charge is 2.23. The van der Waals surface area contributed by atoms with Crippen LogP contribution in [0.5, 0.6) is 0 Å². The number of rotatable bonds is 5. The van der Waals surface area contributed by atoms with Crippen molar-refractivity contribution < 1.29 is 9.32 Å². The number of benzene rings is 1. The van der Waals surface area contributed by atoms with E-state index in [9.17, 15) is 4.79 Å². The van der Waals surface area contributed by atoms with Crippen LogP contribution in [0.1, 0.15) is 36.0 Å². The second-order valence-electron chi connectivity index (χ2n) is 8.43. The summed E-state index contributed by atoms with van der Waals surface area (Å²) >= 11 is 0. The van der Waals surface area contributed by atoms with Crippen LogP contribution in [0.4, 0.5) is 5.82 Å². The topological polar surface area (TPSA) is 80.3 Å². The number of carbonyl (C=O) groups excluding carboxylic acids is 1. The number of carbonyl (C=O) groups is 1. The molecule has 0 spiro atoms. The molecule has 1 saturated heterocycles. The molecule has 1 aromatic carbocycles. The number of aromatic nitrogens is 4. The molecule has 0 bridgehead atoms. The summed E-state index contributed by atoms with van der Waals surface area (Å²) in [6, 6.07) is 15.6. The van der Waals surface area contributed by atoms with E-state index >= 15 is 0 Å². The van der Waals surface area contributed by atoms with Crippen LogP contribution >= 0.6 is 0 Å². The first-order valence-electron chi connectivity index (χ1n) is 11.2. The summed E-state index contributed by atoms with van der Waals surface area (Å²) < 4.78 is 7.31. The van der Waals surface area contributed by atoms with Crippen molar-refractivity contribution in [3.8, 4) is 17.1 Å². The normalized spacial score (nSPS) is 14.2. The zero-order valence-corrected chi connectivity index (χ0v) is 18.8. The first-order valence-corrected chi connectivity index (χ1v) is 11.2. The van der Waals surface area contributed by atoms with Gasteiger partial charge < -0.3 is 18.9 Å². The highest BCUT2D eigenvalue weighted by atomic mass is 16.5. The van der Waals surface area contributed by atoms with Gasteiger partial charge in [-0.3, -0.25) is 4.79 Å². The third-order valence-electron chi connectivity index (χ3n) is 5.85. The van der Waals surface area contributed by atoms with Gasteiger partial charge in [-0.05, 0) is 48.5 Å². The molecular formula is C25H26N6O2. The SMILES string of the molecule is CC(C)c1nc(-c2ccc(N3CCN(C(=O)c4ccc(-n5cccc5)cc4)CC3)nc2)no1. The maximum Gasteiger partial charge on any atom is 0.253 e. The van der Waals surface area contributed by atoms with Gasteiger partial charge in [-0.15, -0.1) is 0 Å². The molecule has 4 heterocycles. The third-order valence-corrected chi connectivity index (χ3v) is 5.85. The summed E-state index contributed by atoms with van der Waals surface area (Å²) in [6.45, 7) is 6.82. The molecule has 3 aromatic heterocycles. The smallest absolute Gasteiger partial charge is 0.253 e. The van der Waals surface area contributed by atoms with Gasteiger partial charge in [0.1, 0.15) is 5.82 Å². The Kier molecular flexibility index (Phi) is 5.64. The van der Waals surface area contributed by atoms with E-state index in [1.807, 2.05) is 84.2 Å². The first kappa shape index (κ1) is 20.9. The summed E-state index contributed by atoms with van der Waals surface area (Å²) in [6.07, 6.45) is 5.75. The lowest BCUT2D eigenvalue weighted by Crippen LogP contribution is -2.49. The molecule has 0 unspecified atom stereocenters. The van der Waals surface area contributed by atoms with Crippen LogP contribution in [0.25, 0.3) is 17.1 Å². The van der Waals surface area contributed by atoms with Crippen molar-refractivity contribution in [3.63, 3.8) is 0 Å². The molecule has 1 aliphatic heterocycles. The summed E-state index contributed by atoms with van der Waals surface area (Å²) in [4.78, 5) is 26.1. The number of nitrogens with zero attached hydrogens (tertiary/aromatic N) is 6. The monoisotopic (exact) mass is 442 g/mol. The molecule has 0 radical (unpaired) electrons. The summed E-state index contributed by atoms with van der Waals surface area (Å²) in [5.74, 6) is 2.31. The van der Waals surface area contributed by atoms with E-state index in [1.165, 1.54) is 0 Å². The van der Waals surface area contributed by atoms with Crippen molar-refractivity contribution in [2.75, 3.05) is 31.1 Å². The Balaban J connectivity index is 1.19. The van der Waals surface area contributed by atoms with Gasteiger partial charge in [-0.2, -0.15) is 4.98 Å². The minimum atomic E-state index is 0.0649. The van der Waals surface area contributed by atoms with Gasteiger partial charge >= 0.3 is 0 Å². The second kappa shape index (κ2) is 8.90. The van der Waals surface area contributed by atoms with Gasteiger partial charge in [0, 0.05) is 67.5 Å². The Hall–Kier alpha value is -3.94. The fourth-order valence-electron chi connectivity index (χ4n) is 3.90. The summed E-state index contributed by atoms with van der Waals surface area (Å²) in [5.41, 5.74) is 2.58. The van der Waals surface area contributed by atoms with Crippen LogP contribution in [0.2, 0.25) is 0 Å². The molecule has 0 saturated carbocycles. The zero-order chi connectivity index (χ0) is 22.8. The Morgan fingerprint density at radius 2 is 1.70 bits per heavy atom. The number of amides is 1. The molecule has 0 N–H and O–H groups in total. The van der Waals surface area contributed by atoms with E-state index in [1.54, 1.807) is 6.20 Å². The highest BCUT2D eigenvalue weighted by molar-refractivity contribution is 5.94. The van der Waals surface area contributed by atoms with Gasteiger partial charge in [0.15, 0.2) is 0 Å². The van der Waals surface area contributed by atoms with Crippen LogP contribution in [-0.2, 0) is 0 Å². The van der Waals surface area contributed by atoms with E-state index in [0.717, 1.165) is 30.2 Å². The van der Waals surface area contributed by atoms with Gasteiger partial charge in [-0.1, -0.05) is 19.0 Å². The average molecular weight is 443 g/mol. The Morgan fingerprint density at radius 3 is 2.30 bits per heavy atom. The molecule has 5 rings (SSSR count). The van der Waals surface area contributed by atoms with Crippen molar-refractivity contribution >= 4 is 11.7 Å². The quantitative estimate of drug-likeness (QED) is 0.465. The molecule has 1 fully saturated rings. The summed E-state index contributed by atoms with van der Waals surface area (Å²) in [7, 11) is 0. The third kappa shape index (κ3) is 4.37. The Morgan fingerprint density at radius 1 is 0.970 bits per heavy atom. The van der Waals surface area contributed by atoms with E-state index in [-0.39, 0.29) is 11.8 Å². The van der Waals surface area contributed by atoms with Gasteiger partial charge in [0.2, 0.25) is 11.7 Å². The largest absolute Gasteiger partial charge is 0.353 e. The maximum absolute atomic E-state index is 13.0. The van der Waals surface area contributed by atoms with Crippen molar-refractivity contribution in [2.24, 2.45) is 0 Å². The van der Waals surface area contributed by atoms with Crippen LogP contribution < -0.4 is 4.90 Å². The van der Waals surface area contributed by atoms with E-state index in [0.29, 0.717) is 30.4 Å². The van der Waals surface area contributed by atoms with Crippen LogP contribution in [0.15, 0.2) is 71.6 Å². The molecule has 33 heavy (non-hydrogen) atoms. The number of pyridine rings is 1. The molecule has 1 amide bonds. The lowest BCUT2D eigenvalue weighted by molar-refractivity contribution is 0.0746. The molecule has 8 heteroatoms. The average Bonchev–Trinajstić information content (AvgIpc) is 3.57. The molecule has 0 aliphatic carbocycles. The fraction of sp³-hybridized carbons (Fsp3) is 0.280. The van der Waals surface area contributed by atoms with Crippen LogP contribution in [0.3, 0.4) is 0 Å². The van der Waals surface area contributed by atoms with Crippen molar-refractivity contribution in [1.82, 2.24) is 24.6 Å². The second-order valence-corrected chi connectivity index (χ2v) is 8.43. The summed E-state index contributed by atoms with van der Waals surface area (Å²) in [5, 5.41) is 4.04. The predicted molar refractivity (Wildman–Crippen MR) is 126 cm³/mol. The van der Waals surface area contributed by atoms with Crippen molar-refractivity contribution in [3.05, 3.63) is 78.6 Å². The standard InChI is InChI=1S/C25H26N6O2/c1-18(2)24-27-23(28-33-24)20-7-10-22(26-17-20)30-13-15-31(16-14-30)25(32)19-5-8-21(9-6-19)29-11-3-4-12-29/h3-12,17-18H,13-16H2,1-2H3. The van der Waals surface area contributed by atoms with Gasteiger partial charge in [0.05, 0.1) is 0 Å². The lowest BCUT2D eigenvalue weighted by atomic mass is 10.1. The van der Waals surface area contributed by atoms with Crippen molar-refractivity contribution in [1.29, 1.82) is 0 Å².